The van der Waals surface area contributed by atoms with Crippen molar-refractivity contribution in [2.24, 2.45) is 0 Å². The van der Waals surface area contributed by atoms with Gasteiger partial charge in [0.1, 0.15) is 11.3 Å². The predicted octanol–water partition coefficient (Wildman–Crippen LogP) is 1.39. The topological polar surface area (TPSA) is 289 Å². The van der Waals surface area contributed by atoms with E-state index in [2.05, 4.69) is 14.4 Å². The van der Waals surface area contributed by atoms with E-state index in [1.54, 1.807) is 0 Å². The second-order valence-corrected chi connectivity index (χ2v) is 10.3. The van der Waals surface area contributed by atoms with Crippen molar-refractivity contribution in [2.45, 2.75) is 77.6 Å². The third-order valence-electron chi connectivity index (χ3n) is 6.10. The molecule has 0 aliphatic carbocycles. The van der Waals surface area contributed by atoms with Crippen LogP contribution in [-0.2, 0) is 66.9 Å². The van der Waals surface area contributed by atoms with Gasteiger partial charge in [-0.1, -0.05) is 12.1 Å². The second-order valence-electron chi connectivity index (χ2n) is 10.3. The summed E-state index contributed by atoms with van der Waals surface area (Å²) in [6.45, 7) is 1.37. The first kappa shape index (κ1) is 43.9. The summed E-state index contributed by atoms with van der Waals surface area (Å²) in [5, 5.41) is 18.0. The Morgan fingerprint density at radius 2 is 1.15 bits per heavy atom. The number of benzene rings is 1. The molecule has 1 rings (SSSR count). The van der Waals surface area contributed by atoms with Gasteiger partial charge < -0.3 is 42.8 Å². The molecule has 3 atom stereocenters. The number of ether oxygens (including phenoxy) is 7. The second kappa shape index (κ2) is 24.1. The van der Waals surface area contributed by atoms with E-state index in [-0.39, 0.29) is 50.4 Å². The smallest absolute Gasteiger partial charge is 0.349 e. The van der Waals surface area contributed by atoms with Crippen LogP contribution in [0.5, 0.6) is 5.75 Å². The molecule has 1 aromatic rings. The Bertz CT molecular complexity index is 1410. The van der Waals surface area contributed by atoms with Crippen molar-refractivity contribution in [1.29, 1.82) is 0 Å². The quantitative estimate of drug-likeness (QED) is 0.0341. The minimum atomic E-state index is -1.46. The molecule has 0 aromatic heterocycles. The first-order valence-corrected chi connectivity index (χ1v) is 15.5. The number of carbonyl (C=O) groups excluding carboxylic acids is 7. The van der Waals surface area contributed by atoms with Crippen LogP contribution in [0.15, 0.2) is 24.3 Å². The Balaban J connectivity index is 2.32. The highest BCUT2D eigenvalue weighted by Gasteiger charge is 2.28. The number of hydrogen-bond acceptors (Lipinski definition) is 20. The average molecular weight is 747 g/mol. The van der Waals surface area contributed by atoms with Crippen LogP contribution >= 0.6 is 0 Å². The number of para-hydroxylation sites is 1. The number of hydrogen-bond donors (Lipinski definition) is 0. The molecule has 1 aromatic carbocycles. The Morgan fingerprint density at radius 1 is 0.596 bits per heavy atom. The van der Waals surface area contributed by atoms with Crippen molar-refractivity contribution < 1.29 is 86.6 Å². The van der Waals surface area contributed by atoms with E-state index in [1.807, 2.05) is 0 Å². The van der Waals surface area contributed by atoms with E-state index in [9.17, 15) is 53.8 Å². The fourth-order valence-electron chi connectivity index (χ4n) is 3.53. The van der Waals surface area contributed by atoms with Gasteiger partial charge in [0.15, 0.2) is 31.5 Å². The number of unbranched alkanes of at least 4 members (excludes halogenated alkanes) is 3. The van der Waals surface area contributed by atoms with Crippen molar-refractivity contribution in [1.82, 2.24) is 0 Å². The lowest BCUT2D eigenvalue weighted by Crippen LogP contribution is -2.36. The average Bonchev–Trinajstić information content (AvgIpc) is 3.08. The van der Waals surface area contributed by atoms with Gasteiger partial charge in [-0.15, -0.1) is 20.2 Å². The van der Waals surface area contributed by atoms with Gasteiger partial charge in [-0.05, 0) is 65.0 Å². The van der Waals surface area contributed by atoms with Crippen molar-refractivity contribution in [3.8, 4) is 5.75 Å². The Labute approximate surface area is 295 Å². The van der Waals surface area contributed by atoms with Crippen LogP contribution in [0.3, 0.4) is 0 Å². The Kier molecular flexibility index (Phi) is 20.4. The Morgan fingerprint density at radius 3 is 1.81 bits per heavy atom. The Hall–Kier alpha value is -6.09. The van der Waals surface area contributed by atoms with E-state index >= 15 is 0 Å². The molecule has 3 unspecified atom stereocenters. The van der Waals surface area contributed by atoms with E-state index in [1.165, 1.54) is 45.0 Å². The maximum absolute atomic E-state index is 12.5. The molecule has 22 nitrogen and oxygen atoms in total. The molecule has 22 heteroatoms. The lowest BCUT2D eigenvalue weighted by molar-refractivity contribution is -0.757. The molecule has 0 saturated heterocycles. The number of nitrogens with zero attached hydrogens (tertiary/aromatic N) is 2. The van der Waals surface area contributed by atoms with Crippen molar-refractivity contribution in [3.05, 3.63) is 50.1 Å². The van der Waals surface area contributed by atoms with E-state index < -0.39 is 83.5 Å². The monoisotopic (exact) mass is 746 g/mol. The van der Waals surface area contributed by atoms with Crippen LogP contribution in [0, 0.1) is 20.2 Å². The fraction of sp³-hybridized carbons (Fsp3) is 0.567. The standard InChI is InChI=1S/C30H38N2O20/c1-19(27(36)44-15-9-10-16-47-31(40)41)50-29(38)21(3)51-28(37)20(2)49-24(33)13-5-4-8-14-45-30(39)22-11-6-7-12-23(22)52-26(35)17-46-25(34)18-48-32(42)43/h6-7,11-12,19-21H,4-5,8-10,13-18H2,1-3H3. The van der Waals surface area contributed by atoms with Crippen LogP contribution in [0.4, 0.5) is 0 Å². The van der Waals surface area contributed by atoms with E-state index in [0.29, 0.717) is 19.3 Å². The van der Waals surface area contributed by atoms with Gasteiger partial charge in [0.05, 0.1) is 19.8 Å². The van der Waals surface area contributed by atoms with E-state index in [4.69, 9.17) is 28.4 Å². The summed E-state index contributed by atoms with van der Waals surface area (Å²) in [6.07, 6.45) is -2.75. The summed E-state index contributed by atoms with van der Waals surface area (Å²) in [6, 6.07) is 5.54. The van der Waals surface area contributed by atoms with Crippen LogP contribution in [0.2, 0.25) is 0 Å². The molecule has 0 aliphatic rings. The van der Waals surface area contributed by atoms with Crippen LogP contribution < -0.4 is 4.74 Å². The van der Waals surface area contributed by atoms with Gasteiger partial charge in [-0.25, -0.2) is 28.8 Å². The number of carbonyl (C=O) groups is 7. The summed E-state index contributed by atoms with van der Waals surface area (Å²) in [7, 11) is 0. The largest absolute Gasteiger partial charge is 0.463 e. The molecule has 0 fully saturated rings. The van der Waals surface area contributed by atoms with Gasteiger partial charge >= 0.3 is 41.8 Å². The van der Waals surface area contributed by atoms with Gasteiger partial charge in [0.25, 0.3) is 10.2 Å². The van der Waals surface area contributed by atoms with Crippen LogP contribution in [0.25, 0.3) is 0 Å². The summed E-state index contributed by atoms with van der Waals surface area (Å²) < 4.78 is 34.5. The first-order valence-electron chi connectivity index (χ1n) is 15.5. The summed E-state index contributed by atoms with van der Waals surface area (Å²) >= 11 is 0. The van der Waals surface area contributed by atoms with Crippen molar-refractivity contribution in [2.75, 3.05) is 33.0 Å². The zero-order valence-electron chi connectivity index (χ0n) is 28.4. The maximum Gasteiger partial charge on any atom is 0.349 e. The highest BCUT2D eigenvalue weighted by atomic mass is 17.0. The lowest BCUT2D eigenvalue weighted by atomic mass is 10.2. The number of esters is 7. The fourth-order valence-corrected chi connectivity index (χ4v) is 3.53. The number of rotatable bonds is 25. The third kappa shape index (κ3) is 19.2. The molecule has 0 heterocycles. The molecule has 0 saturated carbocycles. The molecule has 52 heavy (non-hydrogen) atoms. The third-order valence-corrected chi connectivity index (χ3v) is 6.10. The summed E-state index contributed by atoms with van der Waals surface area (Å²) in [4.78, 5) is 113. The zero-order chi connectivity index (χ0) is 39.1. The highest BCUT2D eigenvalue weighted by Crippen LogP contribution is 2.19. The normalized spacial score (nSPS) is 12.1. The molecule has 0 aliphatic heterocycles. The van der Waals surface area contributed by atoms with Crippen molar-refractivity contribution in [3.63, 3.8) is 0 Å². The SMILES string of the molecule is CC(OC(=O)CCCCCOC(=O)c1ccccc1OC(=O)COC(=O)CO[N+](=O)[O-])C(=O)OC(C)C(=O)OC(C)C(=O)OCCCCO[N+](=O)[O-]. The van der Waals surface area contributed by atoms with Crippen LogP contribution in [-0.4, -0.2) is 103 Å². The maximum atomic E-state index is 12.5. The highest BCUT2D eigenvalue weighted by molar-refractivity contribution is 5.93. The predicted molar refractivity (Wildman–Crippen MR) is 165 cm³/mol. The molecular weight excluding hydrogens is 708 g/mol. The van der Waals surface area contributed by atoms with Crippen LogP contribution in [0.1, 0.15) is 69.7 Å². The van der Waals surface area contributed by atoms with E-state index in [0.717, 1.165) is 0 Å². The van der Waals surface area contributed by atoms with Gasteiger partial charge in [-0.2, -0.15) is 0 Å². The van der Waals surface area contributed by atoms with Gasteiger partial charge in [0.2, 0.25) is 0 Å². The van der Waals surface area contributed by atoms with Gasteiger partial charge in [-0.3, -0.25) is 4.79 Å². The molecule has 0 radical (unpaired) electrons. The molecule has 0 spiro atoms. The lowest BCUT2D eigenvalue weighted by Gasteiger charge is -2.18. The summed E-state index contributed by atoms with van der Waals surface area (Å²) in [5.74, 6) is -7.06. The summed E-state index contributed by atoms with van der Waals surface area (Å²) in [5.41, 5.74) is -0.115. The molecule has 288 valence electrons. The molecule has 0 amide bonds. The first-order chi connectivity index (χ1) is 24.6. The minimum absolute atomic E-state index is 0.0707. The molecular formula is C30H38N2O20. The zero-order valence-corrected chi connectivity index (χ0v) is 28.4. The molecule has 0 N–H and O–H groups in total. The van der Waals surface area contributed by atoms with Gasteiger partial charge in [0, 0.05) is 6.42 Å². The molecule has 0 bridgehead atoms. The minimum Gasteiger partial charge on any atom is -0.463 e. The van der Waals surface area contributed by atoms with Crippen molar-refractivity contribution >= 4 is 41.8 Å².